The van der Waals surface area contributed by atoms with Gasteiger partial charge < -0.3 is 14.6 Å². The molecule has 0 fully saturated rings. The highest BCUT2D eigenvalue weighted by Crippen LogP contribution is 2.24. The van der Waals surface area contributed by atoms with E-state index < -0.39 is 6.10 Å². The van der Waals surface area contributed by atoms with Crippen LogP contribution < -0.4 is 4.74 Å². The fourth-order valence-corrected chi connectivity index (χ4v) is 1.44. The number of hydrogen-bond acceptors (Lipinski definition) is 3. The van der Waals surface area contributed by atoms with Gasteiger partial charge in [-0.2, -0.15) is 0 Å². The van der Waals surface area contributed by atoms with E-state index in [4.69, 9.17) is 9.47 Å². The van der Waals surface area contributed by atoms with Crippen molar-refractivity contribution in [1.29, 1.82) is 0 Å². The summed E-state index contributed by atoms with van der Waals surface area (Å²) < 4.78 is 10.8. The van der Waals surface area contributed by atoms with Crippen LogP contribution in [0, 0.1) is 0 Å². The quantitative estimate of drug-likeness (QED) is 0.723. The van der Waals surface area contributed by atoms with E-state index in [2.05, 4.69) is 0 Å². The maximum absolute atomic E-state index is 9.54. The molecule has 0 amide bonds. The molecule has 3 nitrogen and oxygen atoms in total. The van der Waals surface area contributed by atoms with Crippen molar-refractivity contribution >= 4 is 0 Å². The highest BCUT2D eigenvalue weighted by atomic mass is 16.5. The third-order valence-corrected chi connectivity index (χ3v) is 2.26. The van der Waals surface area contributed by atoms with Crippen LogP contribution in [0.3, 0.4) is 0 Å². The topological polar surface area (TPSA) is 38.7 Å². The van der Waals surface area contributed by atoms with Crippen LogP contribution in [0.5, 0.6) is 5.75 Å². The van der Waals surface area contributed by atoms with Crippen LogP contribution in [0.25, 0.3) is 0 Å². The molecule has 0 aliphatic carbocycles. The van der Waals surface area contributed by atoms with Crippen LogP contribution in [-0.2, 0) is 4.74 Å². The van der Waals surface area contributed by atoms with E-state index in [0.29, 0.717) is 13.2 Å². The molecule has 0 spiro atoms. The fourth-order valence-electron chi connectivity index (χ4n) is 1.44. The van der Waals surface area contributed by atoms with Gasteiger partial charge in [-0.1, -0.05) is 18.2 Å². The van der Waals surface area contributed by atoms with Gasteiger partial charge in [0.05, 0.1) is 12.7 Å². The Morgan fingerprint density at radius 3 is 2.69 bits per heavy atom. The molecule has 1 aromatic carbocycles. The number of aliphatic hydroxyl groups excluding tert-OH is 1. The minimum absolute atomic E-state index is 0.497. The summed E-state index contributed by atoms with van der Waals surface area (Å²) in [6.45, 7) is 5.79. The van der Waals surface area contributed by atoms with E-state index in [1.807, 2.05) is 31.2 Å². The zero-order valence-corrected chi connectivity index (χ0v) is 9.98. The van der Waals surface area contributed by atoms with Crippen LogP contribution in [0.4, 0.5) is 0 Å². The van der Waals surface area contributed by atoms with Crippen molar-refractivity contribution in [2.75, 3.05) is 19.8 Å². The maximum Gasteiger partial charge on any atom is 0.125 e. The number of hydrogen-bond donors (Lipinski definition) is 1. The van der Waals surface area contributed by atoms with Crippen molar-refractivity contribution in [3.63, 3.8) is 0 Å². The SMILES string of the molecule is CCOCCCOc1ccccc1C(C)O. The fraction of sp³-hybridized carbons (Fsp3) is 0.538. The van der Waals surface area contributed by atoms with Crippen molar-refractivity contribution in [2.24, 2.45) is 0 Å². The second-order valence-corrected chi connectivity index (χ2v) is 3.61. The first-order valence-corrected chi connectivity index (χ1v) is 5.73. The predicted molar refractivity (Wildman–Crippen MR) is 63.7 cm³/mol. The lowest BCUT2D eigenvalue weighted by Crippen LogP contribution is -2.05. The highest BCUT2D eigenvalue weighted by molar-refractivity contribution is 5.34. The average molecular weight is 224 g/mol. The monoisotopic (exact) mass is 224 g/mol. The molecule has 0 bridgehead atoms. The van der Waals surface area contributed by atoms with Gasteiger partial charge in [-0.05, 0) is 19.9 Å². The molecule has 90 valence electrons. The minimum atomic E-state index is -0.497. The van der Waals surface area contributed by atoms with E-state index in [9.17, 15) is 5.11 Å². The van der Waals surface area contributed by atoms with Crippen LogP contribution in [0.1, 0.15) is 31.9 Å². The van der Waals surface area contributed by atoms with Gasteiger partial charge in [0.2, 0.25) is 0 Å². The molecule has 0 radical (unpaired) electrons. The molecule has 0 aliphatic rings. The van der Waals surface area contributed by atoms with E-state index in [1.165, 1.54) is 0 Å². The first-order valence-electron chi connectivity index (χ1n) is 5.73. The second kappa shape index (κ2) is 7.25. The van der Waals surface area contributed by atoms with Gasteiger partial charge in [-0.3, -0.25) is 0 Å². The maximum atomic E-state index is 9.54. The third-order valence-electron chi connectivity index (χ3n) is 2.26. The molecule has 0 aliphatic heterocycles. The normalized spacial score (nSPS) is 12.4. The van der Waals surface area contributed by atoms with Crippen molar-refractivity contribution in [3.05, 3.63) is 29.8 Å². The lowest BCUT2D eigenvalue weighted by molar-refractivity contribution is 0.129. The number of ether oxygens (including phenoxy) is 2. The number of aliphatic hydroxyl groups is 1. The average Bonchev–Trinajstić information content (AvgIpc) is 2.29. The second-order valence-electron chi connectivity index (χ2n) is 3.61. The van der Waals surface area contributed by atoms with Crippen molar-refractivity contribution in [2.45, 2.75) is 26.4 Å². The molecule has 16 heavy (non-hydrogen) atoms. The van der Waals surface area contributed by atoms with Gasteiger partial charge in [0.15, 0.2) is 0 Å². The summed E-state index contributed by atoms with van der Waals surface area (Å²) in [5.41, 5.74) is 0.832. The van der Waals surface area contributed by atoms with Gasteiger partial charge in [0.1, 0.15) is 5.75 Å². The Labute approximate surface area is 97.0 Å². The number of benzene rings is 1. The highest BCUT2D eigenvalue weighted by Gasteiger charge is 2.07. The van der Waals surface area contributed by atoms with Gasteiger partial charge in [0.25, 0.3) is 0 Å². The molecule has 0 heterocycles. The summed E-state index contributed by atoms with van der Waals surface area (Å²) in [4.78, 5) is 0. The van der Waals surface area contributed by atoms with Gasteiger partial charge in [0, 0.05) is 25.2 Å². The molecule has 1 N–H and O–H groups in total. The Morgan fingerprint density at radius 2 is 2.00 bits per heavy atom. The minimum Gasteiger partial charge on any atom is -0.493 e. The van der Waals surface area contributed by atoms with Crippen LogP contribution in [0.2, 0.25) is 0 Å². The molecule has 1 atom stereocenters. The molecular weight excluding hydrogens is 204 g/mol. The van der Waals surface area contributed by atoms with Crippen molar-refractivity contribution in [3.8, 4) is 5.75 Å². The number of rotatable bonds is 7. The van der Waals surface area contributed by atoms with Crippen LogP contribution in [0.15, 0.2) is 24.3 Å². The first-order chi connectivity index (χ1) is 7.75. The smallest absolute Gasteiger partial charge is 0.125 e. The number of para-hydroxylation sites is 1. The van der Waals surface area contributed by atoms with Gasteiger partial charge >= 0.3 is 0 Å². The first kappa shape index (κ1) is 13.0. The van der Waals surface area contributed by atoms with E-state index >= 15 is 0 Å². The Kier molecular flexibility index (Phi) is 5.90. The summed E-state index contributed by atoms with van der Waals surface area (Å²) in [5, 5.41) is 9.54. The predicted octanol–water partition coefficient (Wildman–Crippen LogP) is 2.55. The van der Waals surface area contributed by atoms with Crippen molar-refractivity contribution in [1.82, 2.24) is 0 Å². The molecule has 1 unspecified atom stereocenters. The lowest BCUT2D eigenvalue weighted by atomic mass is 10.1. The van der Waals surface area contributed by atoms with Gasteiger partial charge in [-0.25, -0.2) is 0 Å². The standard InChI is InChI=1S/C13H20O3/c1-3-15-9-6-10-16-13-8-5-4-7-12(13)11(2)14/h4-5,7-8,11,14H,3,6,9-10H2,1-2H3. The lowest BCUT2D eigenvalue weighted by Gasteiger charge is -2.13. The Balaban J connectivity index is 2.41. The summed E-state index contributed by atoms with van der Waals surface area (Å²) in [6, 6.07) is 7.56. The van der Waals surface area contributed by atoms with Crippen LogP contribution in [-0.4, -0.2) is 24.9 Å². The van der Waals surface area contributed by atoms with E-state index in [-0.39, 0.29) is 0 Å². The molecule has 1 aromatic rings. The van der Waals surface area contributed by atoms with Gasteiger partial charge in [-0.15, -0.1) is 0 Å². The summed E-state index contributed by atoms with van der Waals surface area (Å²) in [7, 11) is 0. The zero-order valence-electron chi connectivity index (χ0n) is 9.98. The summed E-state index contributed by atoms with van der Waals surface area (Å²) in [5.74, 6) is 0.758. The summed E-state index contributed by atoms with van der Waals surface area (Å²) >= 11 is 0. The Bertz CT molecular complexity index is 297. The molecule has 1 rings (SSSR count). The molecule has 0 saturated carbocycles. The summed E-state index contributed by atoms with van der Waals surface area (Å²) in [6.07, 6.45) is 0.366. The molecule has 3 heteroatoms. The molecular formula is C13H20O3. The molecule has 0 saturated heterocycles. The Morgan fingerprint density at radius 1 is 1.25 bits per heavy atom. The van der Waals surface area contributed by atoms with E-state index in [0.717, 1.165) is 24.3 Å². The zero-order chi connectivity index (χ0) is 11.8. The molecule has 0 aromatic heterocycles. The largest absolute Gasteiger partial charge is 0.493 e. The Hall–Kier alpha value is -1.06. The van der Waals surface area contributed by atoms with E-state index in [1.54, 1.807) is 6.92 Å². The van der Waals surface area contributed by atoms with Crippen molar-refractivity contribution < 1.29 is 14.6 Å². The third kappa shape index (κ3) is 4.21. The van der Waals surface area contributed by atoms with Crippen LogP contribution >= 0.6 is 0 Å².